The molecule has 76 valence electrons. The Morgan fingerprint density at radius 3 is 3.06 bits per heavy atom. The molecule has 0 radical (unpaired) electrons. The lowest BCUT2D eigenvalue weighted by Gasteiger charge is -1.98. The van der Waals surface area contributed by atoms with Gasteiger partial charge in [0.25, 0.3) is 0 Å². The van der Waals surface area contributed by atoms with Crippen LogP contribution in [-0.4, -0.2) is 11.5 Å². The molecule has 0 spiro atoms. The van der Waals surface area contributed by atoms with E-state index in [9.17, 15) is 0 Å². The summed E-state index contributed by atoms with van der Waals surface area (Å²) in [5.74, 6) is 5.73. The third-order valence-corrected chi connectivity index (χ3v) is 2.10. The van der Waals surface area contributed by atoms with Gasteiger partial charge >= 0.3 is 0 Å². The van der Waals surface area contributed by atoms with Crippen LogP contribution in [0.4, 0.5) is 0 Å². The Bertz CT molecular complexity index is 610. The fraction of sp³-hybridized carbons (Fsp3) is 0.0833. The number of benzene rings is 1. The molecular formula is C12H8N4. The lowest BCUT2D eigenvalue weighted by molar-refractivity contribution is 1.25. The summed E-state index contributed by atoms with van der Waals surface area (Å²) in [6, 6.07) is 7.90. The van der Waals surface area contributed by atoms with Crippen LogP contribution in [-0.2, 0) is 0 Å². The van der Waals surface area contributed by atoms with Gasteiger partial charge in [0, 0.05) is 28.1 Å². The van der Waals surface area contributed by atoms with E-state index >= 15 is 0 Å². The first-order valence-electron chi connectivity index (χ1n) is 4.74. The summed E-state index contributed by atoms with van der Waals surface area (Å²) in [7, 11) is 0. The summed E-state index contributed by atoms with van der Waals surface area (Å²) in [6.45, 7) is 0.180. The molecule has 0 amide bonds. The van der Waals surface area contributed by atoms with Crippen LogP contribution >= 0.6 is 0 Å². The van der Waals surface area contributed by atoms with Gasteiger partial charge in [-0.2, -0.15) is 0 Å². The average Bonchev–Trinajstić information content (AvgIpc) is 2.35. The Kier molecular flexibility index (Phi) is 3.03. The Balaban J connectivity index is 2.43. The van der Waals surface area contributed by atoms with Gasteiger partial charge in [0.15, 0.2) is 0 Å². The van der Waals surface area contributed by atoms with Crippen molar-refractivity contribution in [3.05, 3.63) is 52.7 Å². The molecule has 0 saturated carbocycles. The fourth-order valence-corrected chi connectivity index (χ4v) is 1.42. The predicted molar refractivity (Wildman–Crippen MR) is 62.6 cm³/mol. The Morgan fingerprint density at radius 1 is 1.31 bits per heavy atom. The highest BCUT2D eigenvalue weighted by molar-refractivity contribution is 5.87. The summed E-state index contributed by atoms with van der Waals surface area (Å²) >= 11 is 0. The molecule has 1 aromatic carbocycles. The Morgan fingerprint density at radius 2 is 2.19 bits per heavy atom. The molecule has 0 unspecified atom stereocenters. The zero-order chi connectivity index (χ0) is 11.2. The van der Waals surface area contributed by atoms with Crippen molar-refractivity contribution in [2.45, 2.75) is 0 Å². The zero-order valence-corrected chi connectivity index (χ0v) is 8.46. The maximum atomic E-state index is 8.11. The number of pyridine rings is 1. The van der Waals surface area contributed by atoms with Crippen LogP contribution < -0.4 is 0 Å². The van der Waals surface area contributed by atoms with Gasteiger partial charge in [0.1, 0.15) is 0 Å². The minimum absolute atomic E-state index is 0.180. The monoisotopic (exact) mass is 208 g/mol. The molecule has 4 heteroatoms. The van der Waals surface area contributed by atoms with Crippen LogP contribution in [0.3, 0.4) is 0 Å². The number of nitrogens with zero attached hydrogens (tertiary/aromatic N) is 4. The highest BCUT2D eigenvalue weighted by atomic mass is 15.1. The van der Waals surface area contributed by atoms with Crippen molar-refractivity contribution in [1.29, 1.82) is 0 Å². The summed E-state index contributed by atoms with van der Waals surface area (Å²) in [6.07, 6.45) is 3.51. The molecule has 0 aliphatic carbocycles. The highest BCUT2D eigenvalue weighted by Crippen LogP contribution is 2.15. The van der Waals surface area contributed by atoms with Gasteiger partial charge in [-0.25, -0.2) is 0 Å². The van der Waals surface area contributed by atoms with Crippen molar-refractivity contribution in [3.63, 3.8) is 0 Å². The predicted octanol–water partition coefficient (Wildman–Crippen LogP) is 2.90. The van der Waals surface area contributed by atoms with E-state index in [0.717, 1.165) is 16.3 Å². The van der Waals surface area contributed by atoms with Crippen LogP contribution in [0.2, 0.25) is 0 Å². The van der Waals surface area contributed by atoms with Crippen LogP contribution in [0.1, 0.15) is 5.56 Å². The van der Waals surface area contributed by atoms with E-state index in [0.29, 0.717) is 0 Å². The maximum absolute atomic E-state index is 8.11. The first kappa shape index (κ1) is 10.0. The van der Waals surface area contributed by atoms with Gasteiger partial charge in [0.2, 0.25) is 0 Å². The topological polar surface area (TPSA) is 61.7 Å². The second kappa shape index (κ2) is 4.83. The molecule has 0 aliphatic heterocycles. The summed E-state index contributed by atoms with van der Waals surface area (Å²) in [4.78, 5) is 6.74. The van der Waals surface area contributed by atoms with Gasteiger partial charge < -0.3 is 0 Å². The van der Waals surface area contributed by atoms with E-state index in [1.165, 1.54) is 0 Å². The standard InChI is InChI=1S/C12H8N4/c13-16-15-7-3-5-11-9-14-8-10-4-1-2-6-12(10)11/h1-2,4,6,8-9H,7H2. The number of fused-ring (bicyclic) bond motifs is 1. The molecule has 0 fully saturated rings. The third kappa shape index (κ3) is 2.11. The second-order valence-corrected chi connectivity index (χ2v) is 3.10. The quantitative estimate of drug-likeness (QED) is 0.307. The lowest BCUT2D eigenvalue weighted by atomic mass is 10.1. The minimum atomic E-state index is 0.180. The minimum Gasteiger partial charge on any atom is -0.263 e. The summed E-state index contributed by atoms with van der Waals surface area (Å²) in [5, 5.41) is 5.47. The summed E-state index contributed by atoms with van der Waals surface area (Å²) < 4.78 is 0. The van der Waals surface area contributed by atoms with Gasteiger partial charge in [0.05, 0.1) is 12.1 Å². The molecule has 1 aromatic heterocycles. The fourth-order valence-electron chi connectivity index (χ4n) is 1.42. The second-order valence-electron chi connectivity index (χ2n) is 3.10. The van der Waals surface area contributed by atoms with Gasteiger partial charge in [-0.1, -0.05) is 41.2 Å². The molecular weight excluding hydrogens is 200 g/mol. The molecule has 16 heavy (non-hydrogen) atoms. The van der Waals surface area contributed by atoms with Crippen molar-refractivity contribution in [1.82, 2.24) is 4.98 Å². The summed E-state index contributed by atoms with van der Waals surface area (Å²) in [5.41, 5.74) is 8.97. The van der Waals surface area contributed by atoms with Crippen LogP contribution in [0, 0.1) is 11.8 Å². The molecule has 2 aromatic rings. The maximum Gasteiger partial charge on any atom is 0.0880 e. The number of rotatable bonds is 1. The first-order chi connectivity index (χ1) is 7.92. The van der Waals surface area contributed by atoms with E-state index in [2.05, 4.69) is 26.9 Å². The molecule has 0 saturated heterocycles. The number of aromatic nitrogens is 1. The highest BCUT2D eigenvalue weighted by Gasteiger charge is 1.96. The van der Waals surface area contributed by atoms with E-state index in [1.54, 1.807) is 12.4 Å². The number of hydrogen-bond donors (Lipinski definition) is 0. The van der Waals surface area contributed by atoms with Crippen molar-refractivity contribution in [3.8, 4) is 11.8 Å². The zero-order valence-electron chi connectivity index (χ0n) is 8.46. The van der Waals surface area contributed by atoms with Crippen LogP contribution in [0.25, 0.3) is 21.2 Å². The first-order valence-corrected chi connectivity index (χ1v) is 4.74. The lowest BCUT2D eigenvalue weighted by Crippen LogP contribution is -1.82. The van der Waals surface area contributed by atoms with Gasteiger partial charge in [-0.05, 0) is 5.53 Å². The van der Waals surface area contributed by atoms with Gasteiger partial charge in [-0.15, -0.1) is 0 Å². The number of hydrogen-bond acceptors (Lipinski definition) is 2. The molecule has 0 N–H and O–H groups in total. The van der Waals surface area contributed by atoms with Crippen LogP contribution in [0.5, 0.6) is 0 Å². The van der Waals surface area contributed by atoms with Crippen molar-refractivity contribution in [2.24, 2.45) is 5.11 Å². The van der Waals surface area contributed by atoms with Crippen LogP contribution in [0.15, 0.2) is 41.8 Å². The number of azide groups is 1. The van der Waals surface area contributed by atoms with Gasteiger partial charge in [-0.3, -0.25) is 4.98 Å². The normalized spacial score (nSPS) is 9.00. The third-order valence-electron chi connectivity index (χ3n) is 2.10. The largest absolute Gasteiger partial charge is 0.263 e. The van der Waals surface area contributed by atoms with Crippen molar-refractivity contribution >= 4 is 10.8 Å². The Hall–Kier alpha value is -2.50. The van der Waals surface area contributed by atoms with Crippen molar-refractivity contribution < 1.29 is 0 Å². The molecule has 0 aliphatic rings. The molecule has 4 nitrogen and oxygen atoms in total. The van der Waals surface area contributed by atoms with Crippen molar-refractivity contribution in [2.75, 3.05) is 6.54 Å². The average molecular weight is 208 g/mol. The smallest absolute Gasteiger partial charge is 0.0880 e. The molecule has 0 atom stereocenters. The van der Waals surface area contributed by atoms with E-state index in [-0.39, 0.29) is 6.54 Å². The molecule has 1 heterocycles. The molecule has 2 rings (SSSR count). The van der Waals surface area contributed by atoms with E-state index in [1.807, 2.05) is 24.3 Å². The van der Waals surface area contributed by atoms with E-state index < -0.39 is 0 Å². The van der Waals surface area contributed by atoms with E-state index in [4.69, 9.17) is 5.53 Å². The molecule has 0 bridgehead atoms. The Labute approximate surface area is 92.6 Å². The SMILES string of the molecule is [N-]=[N+]=NCC#Cc1cncc2ccccc12.